The number of fused-ring (bicyclic) bond motifs is 1. The van der Waals surface area contributed by atoms with E-state index in [4.69, 9.17) is 9.47 Å². The lowest BCUT2D eigenvalue weighted by Crippen LogP contribution is -2.27. The summed E-state index contributed by atoms with van der Waals surface area (Å²) in [4.78, 5) is 12.1. The maximum absolute atomic E-state index is 13.2. The summed E-state index contributed by atoms with van der Waals surface area (Å²) < 4.78 is 37.3. The van der Waals surface area contributed by atoms with Crippen LogP contribution >= 0.6 is 0 Å². The van der Waals surface area contributed by atoms with E-state index in [9.17, 15) is 13.6 Å². The quantitative estimate of drug-likeness (QED) is 0.945. The average molecular weight is 319 g/mol. The molecule has 0 aliphatic carbocycles. The van der Waals surface area contributed by atoms with Gasteiger partial charge in [-0.15, -0.1) is 0 Å². The zero-order valence-electron chi connectivity index (χ0n) is 12.4. The molecule has 2 aromatic rings. The van der Waals surface area contributed by atoms with Gasteiger partial charge >= 0.3 is 0 Å². The number of carbonyl (C=O) groups excluding carboxylic acids is 1. The summed E-state index contributed by atoms with van der Waals surface area (Å²) in [5.41, 5.74) is 0.742. The number of nitrogens with one attached hydrogen (secondary N) is 1. The van der Waals surface area contributed by atoms with Crippen LogP contribution in [-0.2, 0) is 0 Å². The van der Waals surface area contributed by atoms with E-state index < -0.39 is 17.5 Å². The summed E-state index contributed by atoms with van der Waals surface area (Å²) in [6.45, 7) is 2.75. The van der Waals surface area contributed by atoms with Crippen molar-refractivity contribution in [1.82, 2.24) is 5.32 Å². The Hall–Kier alpha value is -2.63. The summed E-state index contributed by atoms with van der Waals surface area (Å²) in [6, 6.07) is 7.72. The number of rotatable bonds is 3. The van der Waals surface area contributed by atoms with Crippen molar-refractivity contribution in [2.45, 2.75) is 13.0 Å². The number of carbonyl (C=O) groups is 1. The van der Waals surface area contributed by atoms with Gasteiger partial charge in [-0.25, -0.2) is 8.78 Å². The molecular weight excluding hydrogens is 304 g/mol. The second kappa shape index (κ2) is 6.24. The number of hydrogen-bond acceptors (Lipinski definition) is 3. The van der Waals surface area contributed by atoms with Crippen molar-refractivity contribution in [1.29, 1.82) is 0 Å². The first-order valence-corrected chi connectivity index (χ1v) is 7.19. The van der Waals surface area contributed by atoms with Crippen LogP contribution in [0.4, 0.5) is 8.78 Å². The van der Waals surface area contributed by atoms with E-state index in [1.807, 2.05) is 6.07 Å². The van der Waals surface area contributed by atoms with Crippen LogP contribution in [0.25, 0.3) is 0 Å². The van der Waals surface area contributed by atoms with Crippen molar-refractivity contribution in [3.8, 4) is 11.5 Å². The third kappa shape index (κ3) is 3.41. The van der Waals surface area contributed by atoms with Gasteiger partial charge in [-0.2, -0.15) is 0 Å². The second-order valence-electron chi connectivity index (χ2n) is 5.26. The largest absolute Gasteiger partial charge is 0.486 e. The Morgan fingerprint density at radius 1 is 1.04 bits per heavy atom. The maximum atomic E-state index is 13.2. The average Bonchev–Trinajstić information content (AvgIpc) is 2.53. The van der Waals surface area contributed by atoms with E-state index >= 15 is 0 Å². The van der Waals surface area contributed by atoms with Gasteiger partial charge < -0.3 is 14.8 Å². The van der Waals surface area contributed by atoms with Gasteiger partial charge in [0, 0.05) is 11.6 Å². The number of benzene rings is 2. The summed E-state index contributed by atoms with van der Waals surface area (Å²) in [7, 11) is 0. The van der Waals surface area contributed by atoms with Crippen LogP contribution < -0.4 is 14.8 Å². The highest BCUT2D eigenvalue weighted by molar-refractivity contribution is 5.94. The molecule has 1 amide bonds. The highest BCUT2D eigenvalue weighted by atomic mass is 19.1. The summed E-state index contributed by atoms with van der Waals surface area (Å²) >= 11 is 0. The number of halogens is 2. The standard InChI is InChI=1S/C17H15F2NO3/c1-10(11-2-3-15-16(8-11)23-5-4-22-15)20-17(21)12-6-13(18)9-14(19)7-12/h2-3,6-10H,4-5H2,1H3,(H,20,21). The third-order valence-corrected chi connectivity index (χ3v) is 3.54. The van der Waals surface area contributed by atoms with Crippen molar-refractivity contribution in [3.63, 3.8) is 0 Å². The van der Waals surface area contributed by atoms with Crippen molar-refractivity contribution >= 4 is 5.91 Å². The fourth-order valence-corrected chi connectivity index (χ4v) is 2.38. The molecule has 1 atom stereocenters. The molecule has 1 aliphatic heterocycles. The SMILES string of the molecule is CC(NC(=O)c1cc(F)cc(F)c1)c1ccc2c(c1)OCCO2. The molecule has 0 radical (unpaired) electrons. The summed E-state index contributed by atoms with van der Waals surface area (Å²) in [5.74, 6) is -0.854. The molecule has 0 saturated heterocycles. The summed E-state index contributed by atoms with van der Waals surface area (Å²) in [6.07, 6.45) is 0. The van der Waals surface area contributed by atoms with E-state index in [0.29, 0.717) is 24.7 Å². The molecule has 4 nitrogen and oxygen atoms in total. The van der Waals surface area contributed by atoms with Crippen LogP contribution in [-0.4, -0.2) is 19.1 Å². The number of amides is 1. The molecule has 3 rings (SSSR count). The predicted molar refractivity (Wildman–Crippen MR) is 79.7 cm³/mol. The minimum Gasteiger partial charge on any atom is -0.486 e. The monoisotopic (exact) mass is 319 g/mol. The first-order valence-electron chi connectivity index (χ1n) is 7.19. The van der Waals surface area contributed by atoms with Gasteiger partial charge in [0.1, 0.15) is 24.8 Å². The van der Waals surface area contributed by atoms with Crippen LogP contribution in [0.2, 0.25) is 0 Å². The lowest BCUT2D eigenvalue weighted by atomic mass is 10.1. The highest BCUT2D eigenvalue weighted by Gasteiger charge is 2.17. The fourth-order valence-electron chi connectivity index (χ4n) is 2.38. The minimum absolute atomic E-state index is 0.0631. The van der Waals surface area contributed by atoms with E-state index in [1.54, 1.807) is 19.1 Å². The van der Waals surface area contributed by atoms with Gasteiger partial charge in [0.25, 0.3) is 5.91 Å². The maximum Gasteiger partial charge on any atom is 0.251 e. The van der Waals surface area contributed by atoms with Crippen LogP contribution in [0.5, 0.6) is 11.5 Å². The zero-order valence-corrected chi connectivity index (χ0v) is 12.4. The van der Waals surface area contributed by atoms with E-state index in [0.717, 1.165) is 23.8 Å². The number of hydrogen-bond donors (Lipinski definition) is 1. The van der Waals surface area contributed by atoms with Gasteiger partial charge in [0.15, 0.2) is 11.5 Å². The van der Waals surface area contributed by atoms with Crippen molar-refractivity contribution in [2.24, 2.45) is 0 Å². The molecule has 23 heavy (non-hydrogen) atoms. The molecule has 1 unspecified atom stereocenters. The highest BCUT2D eigenvalue weighted by Crippen LogP contribution is 2.32. The first kappa shape index (κ1) is 15.3. The zero-order chi connectivity index (χ0) is 16.4. The van der Waals surface area contributed by atoms with E-state index in [2.05, 4.69) is 5.32 Å². The Morgan fingerprint density at radius 2 is 1.70 bits per heavy atom. The molecule has 2 aromatic carbocycles. The molecule has 1 N–H and O–H groups in total. The molecule has 1 heterocycles. The van der Waals surface area contributed by atoms with E-state index in [1.165, 1.54) is 0 Å². The Balaban J connectivity index is 1.75. The Morgan fingerprint density at radius 3 is 2.39 bits per heavy atom. The smallest absolute Gasteiger partial charge is 0.251 e. The number of ether oxygens (including phenoxy) is 2. The molecule has 0 aromatic heterocycles. The van der Waals surface area contributed by atoms with Crippen molar-refractivity contribution in [3.05, 3.63) is 59.2 Å². The molecule has 120 valence electrons. The molecule has 0 fully saturated rings. The van der Waals surface area contributed by atoms with Gasteiger partial charge in [-0.1, -0.05) is 6.07 Å². The predicted octanol–water partition coefficient (Wildman–Crippen LogP) is 3.23. The Bertz CT molecular complexity index is 728. The Kier molecular flexibility index (Phi) is 4.14. The normalized spacial score (nSPS) is 14.2. The molecule has 1 aliphatic rings. The van der Waals surface area contributed by atoms with Crippen LogP contribution in [0.1, 0.15) is 28.9 Å². The molecule has 0 bridgehead atoms. The van der Waals surface area contributed by atoms with Crippen LogP contribution in [0.15, 0.2) is 36.4 Å². The van der Waals surface area contributed by atoms with Crippen LogP contribution in [0.3, 0.4) is 0 Å². The molecular formula is C17H15F2NO3. The lowest BCUT2D eigenvalue weighted by Gasteiger charge is -2.21. The van der Waals surface area contributed by atoms with Gasteiger partial charge in [0.2, 0.25) is 0 Å². The second-order valence-corrected chi connectivity index (χ2v) is 5.26. The minimum atomic E-state index is -0.790. The van der Waals surface area contributed by atoms with Crippen molar-refractivity contribution in [2.75, 3.05) is 13.2 Å². The van der Waals surface area contributed by atoms with Crippen molar-refractivity contribution < 1.29 is 23.0 Å². The van der Waals surface area contributed by atoms with Gasteiger partial charge in [0.05, 0.1) is 6.04 Å². The third-order valence-electron chi connectivity index (χ3n) is 3.54. The first-order chi connectivity index (χ1) is 11.0. The molecule has 0 spiro atoms. The summed E-state index contributed by atoms with van der Waals surface area (Å²) in [5, 5.41) is 2.71. The molecule has 0 saturated carbocycles. The van der Waals surface area contributed by atoms with E-state index in [-0.39, 0.29) is 11.6 Å². The molecule has 6 heteroatoms. The Labute approximate surface area is 132 Å². The van der Waals surface area contributed by atoms with Gasteiger partial charge in [-0.3, -0.25) is 4.79 Å². The lowest BCUT2D eigenvalue weighted by molar-refractivity contribution is 0.0938. The fraction of sp³-hybridized carbons (Fsp3) is 0.235. The topological polar surface area (TPSA) is 47.6 Å². The van der Waals surface area contributed by atoms with Gasteiger partial charge in [-0.05, 0) is 36.8 Å². The van der Waals surface area contributed by atoms with Crippen LogP contribution in [0, 0.1) is 11.6 Å².